The van der Waals surface area contributed by atoms with Gasteiger partial charge in [-0.15, -0.1) is 0 Å². The topological polar surface area (TPSA) is 80.4 Å². The zero-order valence-electron chi connectivity index (χ0n) is 18.3. The lowest BCUT2D eigenvalue weighted by Gasteiger charge is -2.20. The van der Waals surface area contributed by atoms with Gasteiger partial charge in [-0.1, -0.05) is 62.4 Å². The van der Waals surface area contributed by atoms with Crippen molar-refractivity contribution in [3.63, 3.8) is 0 Å². The van der Waals surface area contributed by atoms with Crippen molar-refractivity contribution in [1.82, 2.24) is 10.3 Å². The van der Waals surface area contributed by atoms with Gasteiger partial charge >= 0.3 is 12.1 Å². The van der Waals surface area contributed by atoms with Gasteiger partial charge in [0.05, 0.1) is 5.52 Å². The van der Waals surface area contributed by atoms with Gasteiger partial charge < -0.3 is 19.8 Å². The molecule has 0 saturated heterocycles. The van der Waals surface area contributed by atoms with Crippen LogP contribution in [0.25, 0.3) is 21.8 Å². The summed E-state index contributed by atoms with van der Waals surface area (Å²) in [6.07, 6.45) is -0.661. The number of aromatic nitrogens is 1. The summed E-state index contributed by atoms with van der Waals surface area (Å²) in [6, 6.07) is 20.2. The molecule has 6 nitrogen and oxygen atoms in total. The second-order valence-electron chi connectivity index (χ2n) is 8.18. The molecule has 0 unspecified atom stereocenters. The molecule has 164 valence electrons. The lowest BCUT2D eigenvalue weighted by molar-refractivity contribution is -0.137. The molecule has 0 radical (unpaired) electrons. The molecule has 2 N–H and O–H groups in total. The normalized spacial score (nSPS) is 12.1. The lowest BCUT2D eigenvalue weighted by atomic mass is 10.1. The number of aryl methyl sites for hydroxylation is 1. The first kappa shape index (κ1) is 21.4. The van der Waals surface area contributed by atoms with Crippen LogP contribution in [0.4, 0.5) is 4.79 Å². The number of nitrogens with one attached hydrogen (secondary N) is 2. The zero-order chi connectivity index (χ0) is 22.7. The SMILES string of the molecule is Cc1cccc2c1[nH]c1cc(OC(=O)[C@@H](NC(=O)OCc3ccccc3)C(C)C)ccc12. The first-order valence-corrected chi connectivity index (χ1v) is 10.6. The predicted octanol–water partition coefficient (Wildman–Crippen LogP) is 5.49. The minimum Gasteiger partial charge on any atom is -0.445 e. The molecule has 1 aromatic heterocycles. The summed E-state index contributed by atoms with van der Waals surface area (Å²) in [5.41, 5.74) is 3.97. The van der Waals surface area contributed by atoms with E-state index in [0.717, 1.165) is 32.9 Å². The molecule has 0 fully saturated rings. The number of esters is 1. The van der Waals surface area contributed by atoms with Gasteiger partial charge in [-0.2, -0.15) is 0 Å². The van der Waals surface area contributed by atoms with E-state index in [0.29, 0.717) is 5.75 Å². The van der Waals surface area contributed by atoms with Crippen LogP contribution in [0.2, 0.25) is 0 Å². The summed E-state index contributed by atoms with van der Waals surface area (Å²) >= 11 is 0. The number of amides is 1. The highest BCUT2D eigenvalue weighted by Gasteiger charge is 2.27. The molecule has 6 heteroatoms. The van der Waals surface area contributed by atoms with E-state index in [4.69, 9.17) is 9.47 Å². The first-order chi connectivity index (χ1) is 15.4. The second-order valence-corrected chi connectivity index (χ2v) is 8.18. The second kappa shape index (κ2) is 9.14. The van der Waals surface area contributed by atoms with Gasteiger partial charge in [0, 0.05) is 22.4 Å². The van der Waals surface area contributed by atoms with Crippen LogP contribution in [-0.4, -0.2) is 23.1 Å². The molecule has 3 aromatic carbocycles. The minimum absolute atomic E-state index is 0.128. The number of rotatable bonds is 6. The number of alkyl carbamates (subject to hydrolysis) is 1. The number of carbonyl (C=O) groups excluding carboxylic acids is 2. The van der Waals surface area contributed by atoms with E-state index >= 15 is 0 Å². The molecular formula is C26H26N2O4. The Morgan fingerprint density at radius 1 is 0.969 bits per heavy atom. The first-order valence-electron chi connectivity index (χ1n) is 10.6. The van der Waals surface area contributed by atoms with Crippen molar-refractivity contribution in [1.29, 1.82) is 0 Å². The van der Waals surface area contributed by atoms with Crippen molar-refractivity contribution in [2.45, 2.75) is 33.4 Å². The van der Waals surface area contributed by atoms with Crippen molar-refractivity contribution in [3.05, 3.63) is 77.9 Å². The summed E-state index contributed by atoms with van der Waals surface area (Å²) in [6.45, 7) is 5.86. The molecule has 0 saturated carbocycles. The summed E-state index contributed by atoms with van der Waals surface area (Å²) < 4.78 is 10.9. The number of H-pyrrole nitrogens is 1. The maximum atomic E-state index is 12.8. The van der Waals surface area contributed by atoms with Gasteiger partial charge in [0.15, 0.2) is 0 Å². The minimum atomic E-state index is -0.834. The highest BCUT2D eigenvalue weighted by Crippen LogP contribution is 2.30. The fourth-order valence-electron chi connectivity index (χ4n) is 3.69. The quantitative estimate of drug-likeness (QED) is 0.313. The molecule has 32 heavy (non-hydrogen) atoms. The summed E-state index contributed by atoms with van der Waals surface area (Å²) in [7, 11) is 0. The number of carbonyl (C=O) groups is 2. The molecule has 1 amide bonds. The average Bonchev–Trinajstić information content (AvgIpc) is 3.15. The standard InChI is InChI=1S/C26H26N2O4/c1-16(2)23(28-26(30)31-15-18-9-5-4-6-10-18)25(29)32-19-12-13-20-21-11-7-8-17(3)24(21)27-22(20)14-19/h4-14,16,23,27H,15H2,1-3H3,(H,28,30)/t23-/m0/s1. The smallest absolute Gasteiger partial charge is 0.408 e. The highest BCUT2D eigenvalue weighted by atomic mass is 16.6. The van der Waals surface area contributed by atoms with Crippen LogP contribution in [0.5, 0.6) is 5.75 Å². The van der Waals surface area contributed by atoms with Crippen LogP contribution in [0.15, 0.2) is 66.7 Å². The number of aromatic amines is 1. The van der Waals surface area contributed by atoms with Crippen LogP contribution >= 0.6 is 0 Å². The molecule has 0 bridgehead atoms. The largest absolute Gasteiger partial charge is 0.445 e. The lowest BCUT2D eigenvalue weighted by Crippen LogP contribution is -2.46. The van der Waals surface area contributed by atoms with Crippen molar-refractivity contribution in [2.24, 2.45) is 5.92 Å². The van der Waals surface area contributed by atoms with Crippen molar-refractivity contribution >= 4 is 33.9 Å². The highest BCUT2D eigenvalue weighted by molar-refractivity contribution is 6.08. The molecule has 1 atom stereocenters. The van der Waals surface area contributed by atoms with Crippen LogP contribution in [-0.2, 0) is 16.1 Å². The van der Waals surface area contributed by atoms with Crippen molar-refractivity contribution in [2.75, 3.05) is 0 Å². The van der Waals surface area contributed by atoms with Gasteiger partial charge in [-0.25, -0.2) is 9.59 Å². The number of para-hydroxylation sites is 1. The zero-order valence-corrected chi connectivity index (χ0v) is 18.3. The Morgan fingerprint density at radius 3 is 2.50 bits per heavy atom. The Labute approximate surface area is 186 Å². The van der Waals surface area contributed by atoms with E-state index in [1.54, 1.807) is 12.1 Å². The van der Waals surface area contributed by atoms with Crippen molar-refractivity contribution in [3.8, 4) is 5.75 Å². The van der Waals surface area contributed by atoms with Crippen LogP contribution in [0.1, 0.15) is 25.0 Å². The van der Waals surface area contributed by atoms with E-state index in [-0.39, 0.29) is 12.5 Å². The summed E-state index contributed by atoms with van der Waals surface area (Å²) in [5, 5.41) is 4.82. The van der Waals surface area contributed by atoms with E-state index in [1.807, 2.05) is 56.3 Å². The number of benzene rings is 3. The molecule has 0 aliphatic carbocycles. The molecular weight excluding hydrogens is 404 g/mol. The fraction of sp³-hybridized carbons (Fsp3) is 0.231. The third-order valence-corrected chi connectivity index (χ3v) is 5.44. The van der Waals surface area contributed by atoms with E-state index < -0.39 is 18.1 Å². The van der Waals surface area contributed by atoms with Gasteiger partial charge in [-0.3, -0.25) is 0 Å². The fourth-order valence-corrected chi connectivity index (χ4v) is 3.69. The van der Waals surface area contributed by atoms with E-state index in [1.165, 1.54) is 0 Å². The van der Waals surface area contributed by atoms with Crippen LogP contribution in [0, 0.1) is 12.8 Å². The Hall–Kier alpha value is -3.80. The maximum Gasteiger partial charge on any atom is 0.408 e. The van der Waals surface area contributed by atoms with Gasteiger partial charge in [-0.05, 0) is 36.1 Å². The van der Waals surface area contributed by atoms with Gasteiger partial charge in [0.1, 0.15) is 18.4 Å². The molecule has 0 aliphatic rings. The van der Waals surface area contributed by atoms with Gasteiger partial charge in [0.2, 0.25) is 0 Å². The summed E-state index contributed by atoms with van der Waals surface area (Å²) in [5.74, 6) is -0.300. The number of ether oxygens (including phenoxy) is 2. The molecule has 1 heterocycles. The van der Waals surface area contributed by atoms with Crippen LogP contribution in [0.3, 0.4) is 0 Å². The third-order valence-electron chi connectivity index (χ3n) is 5.44. The molecule has 4 aromatic rings. The maximum absolute atomic E-state index is 12.8. The average molecular weight is 431 g/mol. The summed E-state index contributed by atoms with van der Waals surface area (Å²) in [4.78, 5) is 28.5. The molecule has 4 rings (SSSR count). The van der Waals surface area contributed by atoms with E-state index in [2.05, 4.69) is 29.4 Å². The molecule has 0 spiro atoms. The van der Waals surface area contributed by atoms with Gasteiger partial charge in [0.25, 0.3) is 0 Å². The number of hydrogen-bond acceptors (Lipinski definition) is 4. The Balaban J connectivity index is 1.45. The third kappa shape index (κ3) is 4.59. The van der Waals surface area contributed by atoms with E-state index in [9.17, 15) is 9.59 Å². The predicted molar refractivity (Wildman–Crippen MR) is 125 cm³/mol. The van der Waals surface area contributed by atoms with Crippen LogP contribution < -0.4 is 10.1 Å². The Kier molecular flexibility index (Phi) is 6.12. The number of fused-ring (bicyclic) bond motifs is 3. The molecule has 0 aliphatic heterocycles. The van der Waals surface area contributed by atoms with Crippen molar-refractivity contribution < 1.29 is 19.1 Å². The Bertz CT molecular complexity index is 1260. The monoisotopic (exact) mass is 430 g/mol. The number of hydrogen-bond donors (Lipinski definition) is 2. The Morgan fingerprint density at radius 2 is 1.75 bits per heavy atom.